The van der Waals surface area contributed by atoms with Crippen LogP contribution in [0.2, 0.25) is 0 Å². The molecule has 0 saturated carbocycles. The van der Waals surface area contributed by atoms with Crippen molar-refractivity contribution in [1.82, 2.24) is 19.9 Å². The number of H-pyrrole nitrogens is 1. The minimum atomic E-state index is -4.36. The Hall–Kier alpha value is -4.26. The fourth-order valence-electron chi connectivity index (χ4n) is 5.69. The lowest BCUT2D eigenvalue weighted by molar-refractivity contribution is 0.101. The second kappa shape index (κ2) is 12.6. The minimum absolute atomic E-state index is 0.122. The number of nitrogens with one attached hydrogen (secondary N) is 3. The number of fused-ring (bicyclic) bond motifs is 1. The van der Waals surface area contributed by atoms with E-state index in [0.717, 1.165) is 37.1 Å². The molecule has 236 valence electrons. The maximum atomic E-state index is 13.8. The summed E-state index contributed by atoms with van der Waals surface area (Å²) in [5, 5.41) is 4.20. The molecule has 1 saturated heterocycles. The molecule has 0 amide bonds. The van der Waals surface area contributed by atoms with Crippen molar-refractivity contribution in [2.75, 3.05) is 39.0 Å². The fourth-order valence-corrected chi connectivity index (χ4v) is 7.10. The van der Waals surface area contributed by atoms with E-state index < -0.39 is 15.4 Å². The lowest BCUT2D eigenvalue weighted by Gasteiger charge is -2.41. The molecular weight excluding hydrogens is 596 g/mol. The second-order valence-corrected chi connectivity index (χ2v) is 15.0. The number of piperidine rings is 1. The van der Waals surface area contributed by atoms with E-state index in [4.69, 9.17) is 5.73 Å². The smallest absolute Gasteiger partial charge is 0.176 e. The molecule has 1 aromatic carbocycles. The van der Waals surface area contributed by atoms with Crippen molar-refractivity contribution < 1.29 is 22.3 Å². The number of ketones is 1. The van der Waals surface area contributed by atoms with Gasteiger partial charge < -0.3 is 20.9 Å². The van der Waals surface area contributed by atoms with Crippen LogP contribution in [-0.4, -0.2) is 63.4 Å². The van der Waals surface area contributed by atoms with Gasteiger partial charge >= 0.3 is 0 Å². The Morgan fingerprint density at radius 3 is 2.62 bits per heavy atom. The summed E-state index contributed by atoms with van der Waals surface area (Å²) in [4.78, 5) is 17.5. The standard InChI is InChI=1S/C34H37F2N5O3S/c1-22-18-26(35)6-10-29(22)25-4-8-28(9-5-25)45(3,43,44)39-14-17-41-15-12-24(13-16-41)20-38-21-31(37)33-30-19-27(36)7-11-32(30)40-34(33)23(2)42/h4,6,8,10,18-19,21,24,38,40H,12-17,20,37H2,1-3H3,(H2,39,43,44)/b31-21-. The summed E-state index contributed by atoms with van der Waals surface area (Å²) in [5.41, 5.74) is 20.4. The number of likely N-dealkylation sites (tertiary alicyclic amines) is 1. The van der Waals surface area contributed by atoms with Gasteiger partial charge in [0.25, 0.3) is 0 Å². The molecule has 1 fully saturated rings. The van der Waals surface area contributed by atoms with Crippen molar-refractivity contribution in [2.45, 2.75) is 26.7 Å². The highest BCUT2D eigenvalue weighted by atomic mass is 32.3. The van der Waals surface area contributed by atoms with Crippen LogP contribution in [-0.2, 0) is 9.53 Å². The number of Topliss-reactive ketones (excluding diaryl/α,β-unsaturated/α-hetero) is 1. The zero-order chi connectivity index (χ0) is 32.4. The molecule has 11 heteroatoms. The van der Waals surface area contributed by atoms with Gasteiger partial charge in [-0.15, -0.1) is 9.53 Å². The van der Waals surface area contributed by atoms with E-state index in [9.17, 15) is 22.3 Å². The number of carbonyl (C=O) groups excluding carboxylic acids is 1. The maximum Gasteiger partial charge on any atom is 0.176 e. The molecule has 1 aromatic heterocycles. The normalized spacial score (nSPS) is 17.8. The molecule has 0 atom stereocenters. The van der Waals surface area contributed by atoms with Crippen LogP contribution in [0.4, 0.5) is 8.78 Å². The molecule has 8 nitrogen and oxygen atoms in total. The number of benzene rings is 1. The monoisotopic (exact) mass is 633 g/mol. The van der Waals surface area contributed by atoms with Crippen LogP contribution < -0.4 is 26.3 Å². The SMILES string of the molecule is CC(=O)c1[nH]c2c(c1/C(N)=C/NCC1CCN(CCNS(C)(=O)(O)C3=C=C=C(c4ccc(F)cc4C)C=C3)CC1)=CC(F)=C=C=2. The Bertz CT molecular complexity index is 2000. The molecule has 1 aliphatic heterocycles. The highest BCUT2D eigenvalue weighted by molar-refractivity contribution is 8.16. The average molecular weight is 634 g/mol. The summed E-state index contributed by atoms with van der Waals surface area (Å²) in [6.45, 7) is 6.49. The summed E-state index contributed by atoms with van der Waals surface area (Å²) in [6.07, 6.45) is 9.34. The fraction of sp³-hybridized carbons (Fsp3) is 0.324. The van der Waals surface area contributed by atoms with Crippen molar-refractivity contribution in [3.05, 3.63) is 103 Å². The van der Waals surface area contributed by atoms with Gasteiger partial charge in [0.05, 0.1) is 16.7 Å². The van der Waals surface area contributed by atoms with Gasteiger partial charge in [-0.1, -0.05) is 11.8 Å². The van der Waals surface area contributed by atoms with Crippen LogP contribution >= 0.6 is 0 Å². The summed E-state index contributed by atoms with van der Waals surface area (Å²) >= 11 is 0. The highest BCUT2D eigenvalue weighted by Crippen LogP contribution is 2.29. The van der Waals surface area contributed by atoms with Crippen LogP contribution in [0, 0.1) is 18.7 Å². The van der Waals surface area contributed by atoms with E-state index in [2.05, 4.69) is 42.8 Å². The number of hydrogen-bond donors (Lipinski definition) is 5. The summed E-state index contributed by atoms with van der Waals surface area (Å²) in [7, 11) is -4.36. The zero-order valence-corrected chi connectivity index (χ0v) is 26.3. The van der Waals surface area contributed by atoms with E-state index in [0.29, 0.717) is 58.6 Å². The Kier molecular flexibility index (Phi) is 9.02. The van der Waals surface area contributed by atoms with E-state index >= 15 is 0 Å². The average Bonchev–Trinajstić information content (AvgIpc) is 3.37. The number of hydrogen-bond acceptors (Lipinski definition) is 5. The van der Waals surface area contributed by atoms with Crippen molar-refractivity contribution >= 4 is 38.4 Å². The number of allylic oxidation sites excluding steroid dienone is 4. The number of carbonyl (C=O) groups is 1. The lowest BCUT2D eigenvalue weighted by Crippen LogP contribution is -2.50. The van der Waals surface area contributed by atoms with Crippen LogP contribution in [0.1, 0.15) is 46.9 Å². The number of aromatic nitrogens is 1. The van der Waals surface area contributed by atoms with E-state index in [1.54, 1.807) is 31.3 Å². The summed E-state index contributed by atoms with van der Waals surface area (Å²) in [5.74, 6) is -0.730. The Morgan fingerprint density at radius 2 is 1.96 bits per heavy atom. The lowest BCUT2D eigenvalue weighted by atomic mass is 9.97. The van der Waals surface area contributed by atoms with Gasteiger partial charge in [-0.25, -0.2) is 9.11 Å². The quantitative estimate of drug-likeness (QED) is 0.192. The van der Waals surface area contributed by atoms with Crippen molar-refractivity contribution in [3.63, 3.8) is 0 Å². The van der Waals surface area contributed by atoms with Gasteiger partial charge in [0.15, 0.2) is 11.6 Å². The first-order chi connectivity index (χ1) is 21.3. The predicted molar refractivity (Wildman–Crippen MR) is 174 cm³/mol. The molecule has 0 spiro atoms. The Labute approximate surface area is 260 Å². The number of halogens is 2. The topological polar surface area (TPSA) is 123 Å². The van der Waals surface area contributed by atoms with Crippen LogP contribution in [0.5, 0.6) is 0 Å². The number of nitrogens with zero attached hydrogens (tertiary/aromatic N) is 1. The third-order valence-electron chi connectivity index (χ3n) is 8.22. The molecule has 2 heterocycles. The van der Waals surface area contributed by atoms with Gasteiger partial charge in [0, 0.05) is 55.4 Å². The van der Waals surface area contributed by atoms with Gasteiger partial charge in [0.2, 0.25) is 0 Å². The third kappa shape index (κ3) is 7.35. The first kappa shape index (κ1) is 32.1. The van der Waals surface area contributed by atoms with Gasteiger partial charge in [-0.05, 0) is 97.5 Å². The molecule has 3 aliphatic rings. The molecule has 5 rings (SSSR count). The molecule has 45 heavy (non-hydrogen) atoms. The number of rotatable bonds is 11. The molecule has 0 radical (unpaired) electrons. The largest absolute Gasteiger partial charge is 0.397 e. The minimum Gasteiger partial charge on any atom is -0.397 e. The van der Waals surface area contributed by atoms with Gasteiger partial charge in [-0.3, -0.25) is 9.35 Å². The molecule has 2 aromatic rings. The van der Waals surface area contributed by atoms with E-state index in [1.807, 2.05) is 0 Å². The maximum absolute atomic E-state index is 13.8. The van der Waals surface area contributed by atoms with Gasteiger partial charge in [-0.2, -0.15) is 8.60 Å². The van der Waals surface area contributed by atoms with Crippen molar-refractivity contribution in [2.24, 2.45) is 11.7 Å². The summed E-state index contributed by atoms with van der Waals surface area (Å²) < 4.78 is 54.7. The van der Waals surface area contributed by atoms with Crippen molar-refractivity contribution in [3.8, 4) is 0 Å². The first-order valence-electron chi connectivity index (χ1n) is 14.7. The highest BCUT2D eigenvalue weighted by Gasteiger charge is 2.27. The van der Waals surface area contributed by atoms with Crippen molar-refractivity contribution in [1.29, 1.82) is 0 Å². The number of aryl methyl sites for hydroxylation is 1. The number of aromatic amines is 1. The van der Waals surface area contributed by atoms with Crippen LogP contribution in [0.3, 0.4) is 0 Å². The molecular formula is C34H37F2N5O3S. The Morgan fingerprint density at radius 1 is 1.20 bits per heavy atom. The van der Waals surface area contributed by atoms with E-state index in [-0.39, 0.29) is 16.5 Å². The number of nitrogens with two attached hydrogens (primary N) is 1. The zero-order valence-electron chi connectivity index (χ0n) is 25.5. The summed E-state index contributed by atoms with van der Waals surface area (Å²) in [6, 6.07) is 4.46. The first-order valence-corrected chi connectivity index (χ1v) is 17.1. The molecule has 6 N–H and O–H groups in total. The molecule has 2 aliphatic carbocycles. The van der Waals surface area contributed by atoms with E-state index in [1.165, 1.54) is 31.4 Å². The Balaban J connectivity index is 1.12. The van der Waals surface area contributed by atoms with Gasteiger partial charge in [0.1, 0.15) is 10.7 Å². The van der Waals surface area contributed by atoms with Crippen LogP contribution in [0.25, 0.3) is 23.1 Å². The second-order valence-electron chi connectivity index (χ2n) is 11.8. The molecule has 0 unspecified atom stereocenters. The molecule has 0 bridgehead atoms. The van der Waals surface area contributed by atoms with Crippen LogP contribution in [0.15, 0.2) is 64.5 Å². The third-order valence-corrected chi connectivity index (χ3v) is 10.4. The predicted octanol–water partition coefficient (Wildman–Crippen LogP) is 3.12.